The Balaban J connectivity index is 1.99. The number of nitrogens with zero attached hydrogens (tertiary/aromatic N) is 2. The van der Waals surface area contributed by atoms with Gasteiger partial charge in [0.1, 0.15) is 5.82 Å². The maximum absolute atomic E-state index is 12.7. The van der Waals surface area contributed by atoms with Gasteiger partial charge in [-0.2, -0.15) is 0 Å². The van der Waals surface area contributed by atoms with Crippen LogP contribution >= 0.6 is 0 Å². The van der Waals surface area contributed by atoms with Gasteiger partial charge in [-0.25, -0.2) is 9.37 Å². The van der Waals surface area contributed by atoms with Gasteiger partial charge in [0.2, 0.25) is 0 Å². The summed E-state index contributed by atoms with van der Waals surface area (Å²) in [5.74, 6) is -0.200. The molecule has 1 heterocycles. The summed E-state index contributed by atoms with van der Waals surface area (Å²) in [6.07, 6.45) is 4.39. The minimum absolute atomic E-state index is 0.200. The van der Waals surface area contributed by atoms with Crippen LogP contribution in [0.1, 0.15) is 11.3 Å². The smallest absolute Gasteiger partial charge is 0.123 e. The predicted molar refractivity (Wildman–Crippen MR) is 60.2 cm³/mol. The highest BCUT2D eigenvalue weighted by atomic mass is 19.1. The lowest BCUT2D eigenvalue weighted by atomic mass is 10.1. The average Bonchev–Trinajstić information content (AvgIpc) is 2.76. The number of aryl methyl sites for hydroxylation is 2. The third-order valence-electron chi connectivity index (χ3n) is 2.56. The van der Waals surface area contributed by atoms with Crippen molar-refractivity contribution >= 4 is 0 Å². The Morgan fingerprint density at radius 1 is 1.25 bits per heavy atom. The topological polar surface area (TPSA) is 43.8 Å². The van der Waals surface area contributed by atoms with Crippen molar-refractivity contribution in [2.45, 2.75) is 19.5 Å². The maximum Gasteiger partial charge on any atom is 0.123 e. The molecule has 0 saturated heterocycles. The Hall–Kier alpha value is -1.68. The fraction of sp³-hybridized carbons (Fsp3) is 0.250. The quantitative estimate of drug-likeness (QED) is 0.851. The normalized spacial score (nSPS) is 10.6. The Morgan fingerprint density at radius 3 is 2.69 bits per heavy atom. The fourth-order valence-electron chi connectivity index (χ4n) is 1.62. The zero-order valence-corrected chi connectivity index (χ0v) is 8.94. The van der Waals surface area contributed by atoms with Crippen LogP contribution < -0.4 is 5.73 Å². The molecule has 0 aliphatic carbocycles. The minimum atomic E-state index is -0.200. The molecule has 1 aromatic carbocycles. The summed E-state index contributed by atoms with van der Waals surface area (Å²) in [7, 11) is 0. The lowest BCUT2D eigenvalue weighted by Gasteiger charge is -2.06. The van der Waals surface area contributed by atoms with E-state index < -0.39 is 0 Å². The van der Waals surface area contributed by atoms with Crippen LogP contribution in [0.4, 0.5) is 4.39 Å². The summed E-state index contributed by atoms with van der Waals surface area (Å²) in [5.41, 5.74) is 7.70. The van der Waals surface area contributed by atoms with Gasteiger partial charge in [0.15, 0.2) is 0 Å². The molecular formula is C12H14FN3. The van der Waals surface area contributed by atoms with Crippen molar-refractivity contribution in [3.63, 3.8) is 0 Å². The van der Waals surface area contributed by atoms with Gasteiger partial charge < -0.3 is 10.3 Å². The van der Waals surface area contributed by atoms with Gasteiger partial charge in [-0.1, -0.05) is 12.1 Å². The first-order valence-electron chi connectivity index (χ1n) is 5.23. The second-order valence-electron chi connectivity index (χ2n) is 3.66. The highest BCUT2D eigenvalue weighted by Gasteiger charge is 2.00. The van der Waals surface area contributed by atoms with Gasteiger partial charge in [-0.05, 0) is 24.1 Å². The molecule has 0 atom stereocenters. The molecule has 3 nitrogen and oxygen atoms in total. The lowest BCUT2D eigenvalue weighted by molar-refractivity contribution is 0.624. The molecule has 0 saturated carbocycles. The highest BCUT2D eigenvalue weighted by molar-refractivity contribution is 5.16. The van der Waals surface area contributed by atoms with Crippen molar-refractivity contribution in [1.29, 1.82) is 0 Å². The maximum atomic E-state index is 12.7. The first-order valence-corrected chi connectivity index (χ1v) is 5.23. The van der Waals surface area contributed by atoms with Crippen LogP contribution in [-0.2, 0) is 19.5 Å². The highest BCUT2D eigenvalue weighted by Crippen LogP contribution is 2.06. The largest absolute Gasteiger partial charge is 0.333 e. The third-order valence-corrected chi connectivity index (χ3v) is 2.56. The molecular weight excluding hydrogens is 205 g/mol. The lowest BCUT2D eigenvalue weighted by Crippen LogP contribution is -2.08. The van der Waals surface area contributed by atoms with Gasteiger partial charge in [0.05, 0.1) is 12.0 Å². The number of hydrogen-bond donors (Lipinski definition) is 1. The monoisotopic (exact) mass is 219 g/mol. The van der Waals surface area contributed by atoms with E-state index in [0.717, 1.165) is 24.2 Å². The van der Waals surface area contributed by atoms with Gasteiger partial charge in [0, 0.05) is 19.3 Å². The van der Waals surface area contributed by atoms with Gasteiger partial charge in [-0.3, -0.25) is 0 Å². The first kappa shape index (κ1) is 10.8. The molecule has 2 N–H and O–H groups in total. The number of imidazole rings is 1. The second-order valence-corrected chi connectivity index (χ2v) is 3.66. The van der Waals surface area contributed by atoms with E-state index in [1.54, 1.807) is 24.7 Å². The van der Waals surface area contributed by atoms with Crippen molar-refractivity contribution in [3.05, 3.63) is 53.9 Å². The van der Waals surface area contributed by atoms with E-state index in [-0.39, 0.29) is 5.82 Å². The van der Waals surface area contributed by atoms with Crippen molar-refractivity contribution in [2.75, 3.05) is 0 Å². The summed E-state index contributed by atoms with van der Waals surface area (Å²) >= 11 is 0. The molecule has 2 rings (SSSR count). The van der Waals surface area contributed by atoms with E-state index >= 15 is 0 Å². The Labute approximate surface area is 93.7 Å². The van der Waals surface area contributed by atoms with E-state index in [0.29, 0.717) is 6.54 Å². The molecule has 0 amide bonds. The van der Waals surface area contributed by atoms with Gasteiger partial charge in [-0.15, -0.1) is 0 Å². The van der Waals surface area contributed by atoms with Crippen LogP contribution in [0.15, 0.2) is 36.8 Å². The summed E-state index contributed by atoms with van der Waals surface area (Å²) in [6, 6.07) is 6.56. The molecule has 0 spiro atoms. The van der Waals surface area contributed by atoms with Crippen LogP contribution in [0.3, 0.4) is 0 Å². The fourth-order valence-corrected chi connectivity index (χ4v) is 1.62. The van der Waals surface area contributed by atoms with Crippen LogP contribution in [0, 0.1) is 5.82 Å². The number of benzene rings is 1. The SMILES string of the molecule is NCc1cncn1CCc1ccc(F)cc1. The number of hydrogen-bond acceptors (Lipinski definition) is 2. The van der Waals surface area contributed by atoms with E-state index in [1.807, 2.05) is 4.57 Å². The first-order chi connectivity index (χ1) is 7.79. The Bertz CT molecular complexity index is 448. The summed E-state index contributed by atoms with van der Waals surface area (Å²) in [5, 5.41) is 0. The van der Waals surface area contributed by atoms with E-state index in [1.165, 1.54) is 12.1 Å². The summed E-state index contributed by atoms with van der Waals surface area (Å²) in [6.45, 7) is 1.31. The van der Waals surface area contributed by atoms with Crippen molar-refractivity contribution in [3.8, 4) is 0 Å². The molecule has 84 valence electrons. The molecule has 0 radical (unpaired) electrons. The van der Waals surface area contributed by atoms with Gasteiger partial charge in [0.25, 0.3) is 0 Å². The van der Waals surface area contributed by atoms with E-state index in [9.17, 15) is 4.39 Å². The van der Waals surface area contributed by atoms with Gasteiger partial charge >= 0.3 is 0 Å². The number of nitrogens with two attached hydrogens (primary N) is 1. The Morgan fingerprint density at radius 2 is 2.00 bits per heavy atom. The molecule has 1 aromatic heterocycles. The van der Waals surface area contributed by atoms with Crippen molar-refractivity contribution < 1.29 is 4.39 Å². The standard InChI is InChI=1S/C12H14FN3/c13-11-3-1-10(2-4-11)5-6-16-9-15-8-12(16)7-14/h1-4,8-9H,5-7,14H2. The third kappa shape index (κ3) is 2.46. The number of rotatable bonds is 4. The molecule has 0 bridgehead atoms. The zero-order valence-electron chi connectivity index (χ0n) is 8.94. The van der Waals surface area contributed by atoms with Crippen LogP contribution in [-0.4, -0.2) is 9.55 Å². The second kappa shape index (κ2) is 4.90. The summed E-state index contributed by atoms with van der Waals surface area (Å²) < 4.78 is 14.7. The van der Waals surface area contributed by atoms with E-state index in [4.69, 9.17) is 5.73 Å². The molecule has 0 unspecified atom stereocenters. The molecule has 0 aliphatic heterocycles. The van der Waals surface area contributed by atoms with Crippen LogP contribution in [0.5, 0.6) is 0 Å². The van der Waals surface area contributed by atoms with Crippen LogP contribution in [0.2, 0.25) is 0 Å². The number of halogens is 1. The summed E-state index contributed by atoms with van der Waals surface area (Å²) in [4.78, 5) is 4.04. The zero-order chi connectivity index (χ0) is 11.4. The predicted octanol–water partition coefficient (Wildman–Crippen LogP) is 1.72. The number of aromatic nitrogens is 2. The minimum Gasteiger partial charge on any atom is -0.333 e. The van der Waals surface area contributed by atoms with Crippen molar-refractivity contribution in [2.24, 2.45) is 5.73 Å². The van der Waals surface area contributed by atoms with E-state index in [2.05, 4.69) is 4.98 Å². The van der Waals surface area contributed by atoms with Crippen LogP contribution in [0.25, 0.3) is 0 Å². The van der Waals surface area contributed by atoms with Crippen molar-refractivity contribution in [1.82, 2.24) is 9.55 Å². The average molecular weight is 219 g/mol. The molecule has 4 heteroatoms. The Kier molecular flexibility index (Phi) is 3.31. The molecule has 2 aromatic rings. The molecule has 16 heavy (non-hydrogen) atoms. The molecule has 0 fully saturated rings. The molecule has 0 aliphatic rings.